The Labute approximate surface area is 280 Å². The molecular formula is C38H35F3N4O4. The number of H-pyrrole nitrogens is 1. The van der Waals surface area contributed by atoms with Crippen molar-refractivity contribution < 1.29 is 27.9 Å². The number of aliphatic hydroxyl groups is 1. The third kappa shape index (κ3) is 6.42. The van der Waals surface area contributed by atoms with Crippen LogP contribution in [-0.4, -0.2) is 56.3 Å². The first-order valence-corrected chi connectivity index (χ1v) is 16.4. The number of nitrogens with zero attached hydrogens (tertiary/aromatic N) is 3. The molecule has 1 atom stereocenters. The summed E-state index contributed by atoms with van der Waals surface area (Å²) in [6, 6.07) is 21.6. The van der Waals surface area contributed by atoms with Crippen LogP contribution < -0.4 is 5.56 Å². The van der Waals surface area contributed by atoms with E-state index in [4.69, 9.17) is 4.98 Å². The SMILES string of the molecule is O=C(c1ccccc1)N1CC=C(c2cccc(C3(c4nc5c(c(=O)[nH]4)CN(C(=O)[C@H](O)c4cccc(C(F)(F)F)c4)CCC5)CC3)c2)CC1. The lowest BCUT2D eigenvalue weighted by Gasteiger charge is -2.27. The van der Waals surface area contributed by atoms with Gasteiger partial charge in [0.05, 0.1) is 28.8 Å². The third-order valence-electron chi connectivity index (χ3n) is 9.87. The number of carbonyl (C=O) groups excluding carboxylic acids is 2. The molecule has 3 aromatic carbocycles. The highest BCUT2D eigenvalue weighted by atomic mass is 19.4. The molecule has 11 heteroatoms. The van der Waals surface area contributed by atoms with Crippen molar-refractivity contribution in [2.75, 3.05) is 19.6 Å². The van der Waals surface area contributed by atoms with Crippen LogP contribution in [0.25, 0.3) is 5.57 Å². The minimum Gasteiger partial charge on any atom is -0.378 e. The van der Waals surface area contributed by atoms with Crippen LogP contribution in [0, 0.1) is 0 Å². The van der Waals surface area contributed by atoms with Crippen LogP contribution in [0.3, 0.4) is 0 Å². The zero-order valence-corrected chi connectivity index (χ0v) is 26.7. The fourth-order valence-electron chi connectivity index (χ4n) is 6.92. The van der Waals surface area contributed by atoms with Crippen molar-refractivity contribution in [2.45, 2.75) is 56.3 Å². The molecule has 2 aliphatic heterocycles. The quantitative estimate of drug-likeness (QED) is 0.270. The summed E-state index contributed by atoms with van der Waals surface area (Å²) in [6.45, 7) is 1.25. The monoisotopic (exact) mass is 668 g/mol. The van der Waals surface area contributed by atoms with Crippen molar-refractivity contribution in [3.63, 3.8) is 0 Å². The summed E-state index contributed by atoms with van der Waals surface area (Å²) in [5.74, 6) is -0.177. The summed E-state index contributed by atoms with van der Waals surface area (Å²) in [7, 11) is 0. The van der Waals surface area contributed by atoms with Gasteiger partial charge >= 0.3 is 6.18 Å². The van der Waals surface area contributed by atoms with E-state index >= 15 is 0 Å². The molecule has 1 saturated carbocycles. The van der Waals surface area contributed by atoms with Gasteiger partial charge in [-0.3, -0.25) is 14.4 Å². The zero-order chi connectivity index (χ0) is 34.3. The number of alkyl halides is 3. The Morgan fingerprint density at radius 3 is 2.41 bits per heavy atom. The molecule has 252 valence electrons. The summed E-state index contributed by atoms with van der Waals surface area (Å²) >= 11 is 0. The van der Waals surface area contributed by atoms with E-state index in [1.54, 1.807) is 0 Å². The van der Waals surface area contributed by atoms with E-state index in [1.165, 1.54) is 11.0 Å². The van der Waals surface area contributed by atoms with Gasteiger partial charge in [-0.1, -0.05) is 60.7 Å². The highest BCUT2D eigenvalue weighted by Gasteiger charge is 2.49. The van der Waals surface area contributed by atoms with Gasteiger partial charge < -0.3 is 19.9 Å². The molecule has 1 aliphatic carbocycles. The van der Waals surface area contributed by atoms with E-state index in [2.05, 4.69) is 23.2 Å². The highest BCUT2D eigenvalue weighted by molar-refractivity contribution is 5.94. The van der Waals surface area contributed by atoms with Crippen LogP contribution in [0.2, 0.25) is 0 Å². The maximum Gasteiger partial charge on any atom is 0.416 e. The van der Waals surface area contributed by atoms with E-state index < -0.39 is 29.2 Å². The largest absolute Gasteiger partial charge is 0.416 e. The van der Waals surface area contributed by atoms with Gasteiger partial charge in [0.1, 0.15) is 5.82 Å². The van der Waals surface area contributed by atoms with Crippen molar-refractivity contribution in [2.24, 2.45) is 0 Å². The van der Waals surface area contributed by atoms with Crippen LogP contribution in [0.15, 0.2) is 89.7 Å². The maximum absolute atomic E-state index is 13.5. The Hall–Kier alpha value is -5.03. The van der Waals surface area contributed by atoms with Gasteiger partial charge in [0.15, 0.2) is 6.10 Å². The number of aryl methyl sites for hydroxylation is 1. The number of aliphatic hydroxyl groups excluding tert-OH is 1. The van der Waals surface area contributed by atoms with Crippen LogP contribution in [-0.2, 0) is 29.4 Å². The number of hydrogen-bond acceptors (Lipinski definition) is 5. The van der Waals surface area contributed by atoms with Gasteiger partial charge in [0.2, 0.25) is 0 Å². The van der Waals surface area contributed by atoms with Crippen LogP contribution in [0.4, 0.5) is 13.2 Å². The standard InChI is InChI=1S/C38H35F3N4O4/c39-38(40,41)29-12-5-10-27(22-29)32(46)35(49)45-18-6-13-31-30(23-45)33(47)43-36(42-31)37(16-17-37)28-11-4-9-26(21-28)24-14-19-44(20-15-24)34(48)25-7-2-1-3-8-25/h1-5,7-12,14,21-22,32,46H,6,13,15-20,23H2,(H,42,43,47)/t32-/m1/s1. The molecule has 0 bridgehead atoms. The molecule has 0 radical (unpaired) electrons. The predicted molar refractivity (Wildman–Crippen MR) is 176 cm³/mol. The first-order valence-electron chi connectivity index (χ1n) is 16.4. The van der Waals surface area contributed by atoms with Crippen LogP contribution in [0.5, 0.6) is 0 Å². The molecule has 8 nitrogen and oxygen atoms in total. The predicted octanol–water partition coefficient (Wildman–Crippen LogP) is 5.81. The fourth-order valence-corrected chi connectivity index (χ4v) is 6.92. The maximum atomic E-state index is 13.5. The van der Waals surface area contributed by atoms with Crippen LogP contribution >= 0.6 is 0 Å². The Kier molecular flexibility index (Phi) is 8.48. The summed E-state index contributed by atoms with van der Waals surface area (Å²) in [4.78, 5) is 50.8. The number of carbonyl (C=O) groups is 2. The number of aromatic amines is 1. The van der Waals surface area contributed by atoms with Gasteiger partial charge in [-0.05, 0) is 78.6 Å². The summed E-state index contributed by atoms with van der Waals surface area (Å²) in [5.41, 5.74) is 2.93. The molecule has 1 aromatic heterocycles. The topological polar surface area (TPSA) is 107 Å². The van der Waals surface area contributed by atoms with Gasteiger partial charge in [-0.25, -0.2) is 4.98 Å². The number of fused-ring (bicyclic) bond motifs is 1. The van der Waals surface area contributed by atoms with Crippen molar-refractivity contribution >= 4 is 17.4 Å². The minimum atomic E-state index is -4.61. The van der Waals surface area contributed by atoms with Gasteiger partial charge in [-0.15, -0.1) is 0 Å². The molecule has 0 unspecified atom stereocenters. The van der Waals surface area contributed by atoms with E-state index in [1.807, 2.05) is 47.4 Å². The van der Waals surface area contributed by atoms with Crippen molar-refractivity contribution in [3.05, 3.63) is 140 Å². The van der Waals surface area contributed by atoms with Gasteiger partial charge in [0.25, 0.3) is 17.4 Å². The van der Waals surface area contributed by atoms with E-state index in [0.717, 1.165) is 54.2 Å². The molecule has 2 amide bonds. The summed E-state index contributed by atoms with van der Waals surface area (Å²) < 4.78 is 39.7. The summed E-state index contributed by atoms with van der Waals surface area (Å²) in [6.07, 6.45) is -1.06. The molecule has 0 saturated heterocycles. The van der Waals surface area contributed by atoms with Crippen LogP contribution in [0.1, 0.15) is 81.5 Å². The lowest BCUT2D eigenvalue weighted by Crippen LogP contribution is -2.36. The van der Waals surface area contributed by atoms with Crippen molar-refractivity contribution in [1.82, 2.24) is 19.8 Å². The second-order valence-corrected chi connectivity index (χ2v) is 13.0. The molecule has 3 aliphatic rings. The lowest BCUT2D eigenvalue weighted by molar-refractivity contribution is -0.142. The molecule has 4 aromatic rings. The normalized spacial score (nSPS) is 17.8. The smallest absolute Gasteiger partial charge is 0.378 e. The molecule has 1 fully saturated rings. The number of hydrogen-bond donors (Lipinski definition) is 2. The Bertz CT molecular complexity index is 2000. The van der Waals surface area contributed by atoms with E-state index in [0.29, 0.717) is 48.6 Å². The lowest BCUT2D eigenvalue weighted by atomic mass is 9.90. The average molecular weight is 669 g/mol. The molecule has 2 N–H and O–H groups in total. The highest BCUT2D eigenvalue weighted by Crippen LogP contribution is 2.52. The number of nitrogens with one attached hydrogen (secondary N) is 1. The number of aromatic nitrogens is 2. The first-order chi connectivity index (χ1) is 23.5. The van der Waals surface area contributed by atoms with E-state index in [-0.39, 0.29) is 30.1 Å². The van der Waals surface area contributed by atoms with Crippen molar-refractivity contribution in [3.8, 4) is 0 Å². The molecule has 49 heavy (non-hydrogen) atoms. The molecular weight excluding hydrogens is 633 g/mol. The number of rotatable bonds is 6. The fraction of sp³-hybridized carbons (Fsp3) is 0.316. The molecule has 0 spiro atoms. The Morgan fingerprint density at radius 2 is 1.69 bits per heavy atom. The number of benzene rings is 3. The van der Waals surface area contributed by atoms with E-state index in [9.17, 15) is 32.7 Å². The minimum absolute atomic E-state index is 0.0132. The van der Waals surface area contributed by atoms with Gasteiger partial charge in [-0.2, -0.15) is 13.2 Å². The second kappa shape index (κ2) is 12.8. The number of amides is 2. The molecule has 7 rings (SSSR count). The third-order valence-corrected chi connectivity index (χ3v) is 9.87. The average Bonchev–Trinajstić information content (AvgIpc) is 3.96. The van der Waals surface area contributed by atoms with Crippen molar-refractivity contribution in [1.29, 1.82) is 0 Å². The Morgan fingerprint density at radius 1 is 0.918 bits per heavy atom. The first kappa shape index (κ1) is 32.5. The Balaban J connectivity index is 1.09. The van der Waals surface area contributed by atoms with Gasteiger partial charge in [0, 0.05) is 25.2 Å². The second-order valence-electron chi connectivity index (χ2n) is 13.0. The number of halogens is 3. The zero-order valence-electron chi connectivity index (χ0n) is 26.7. The molecule has 3 heterocycles. The summed E-state index contributed by atoms with van der Waals surface area (Å²) in [5, 5.41) is 10.7.